The molecule has 0 fully saturated rings. The number of carboxylic acid groups (broad SMARTS) is 1. The van der Waals surface area contributed by atoms with Crippen molar-refractivity contribution in [2.45, 2.75) is 44.1 Å². The lowest BCUT2D eigenvalue weighted by Gasteiger charge is -2.20. The maximum absolute atomic E-state index is 12.2. The third-order valence-electron chi connectivity index (χ3n) is 3.01. The molecule has 0 radical (unpaired) electrons. The molecule has 0 aliphatic heterocycles. The van der Waals surface area contributed by atoms with Crippen LogP contribution < -0.4 is 0 Å². The molecule has 4 nitrogen and oxygen atoms in total. The van der Waals surface area contributed by atoms with Crippen molar-refractivity contribution in [1.29, 1.82) is 0 Å². The largest absolute Gasteiger partial charge is 0.481 e. The first-order chi connectivity index (χ1) is 8.63. The van der Waals surface area contributed by atoms with E-state index in [0.29, 0.717) is 12.0 Å². The van der Waals surface area contributed by atoms with Gasteiger partial charge in [-0.25, -0.2) is 8.42 Å². The second-order valence-corrected chi connectivity index (χ2v) is 8.28. The summed E-state index contributed by atoms with van der Waals surface area (Å²) in [6.07, 6.45) is 0.359. The van der Waals surface area contributed by atoms with Gasteiger partial charge in [-0.1, -0.05) is 24.3 Å². The zero-order valence-corrected chi connectivity index (χ0v) is 12.3. The summed E-state index contributed by atoms with van der Waals surface area (Å²) in [5.41, 5.74) is 1.48. The predicted molar refractivity (Wildman–Crippen MR) is 74.8 cm³/mol. The number of sulfone groups is 1. The monoisotopic (exact) mass is 284 g/mol. The molecular weight excluding hydrogens is 264 g/mol. The van der Waals surface area contributed by atoms with Gasteiger partial charge in [0.1, 0.15) is 0 Å². The second-order valence-electron chi connectivity index (χ2n) is 5.53. The summed E-state index contributed by atoms with van der Waals surface area (Å²) < 4.78 is 23.6. The zero-order valence-electron chi connectivity index (χ0n) is 11.5. The molecule has 1 aromatic carbocycles. The van der Waals surface area contributed by atoms with Crippen LogP contribution in [0.5, 0.6) is 0 Å². The van der Waals surface area contributed by atoms with Crippen LogP contribution >= 0.6 is 0 Å². The minimum Gasteiger partial charge on any atom is -0.481 e. The van der Waals surface area contributed by atoms with E-state index in [1.165, 1.54) is 0 Å². The van der Waals surface area contributed by atoms with Crippen LogP contribution in [0, 0.1) is 0 Å². The maximum atomic E-state index is 12.2. The molecule has 1 N–H and O–H groups in total. The molecule has 0 atom stereocenters. The minimum atomic E-state index is -3.26. The van der Waals surface area contributed by atoms with Crippen molar-refractivity contribution >= 4 is 15.8 Å². The van der Waals surface area contributed by atoms with Gasteiger partial charge < -0.3 is 5.11 Å². The number of aliphatic carboxylic acids is 1. The lowest BCUT2D eigenvalue weighted by molar-refractivity contribution is -0.136. The molecule has 0 saturated heterocycles. The van der Waals surface area contributed by atoms with Crippen LogP contribution in [0.15, 0.2) is 24.3 Å². The number of carboxylic acids is 1. The minimum absolute atomic E-state index is 0.00653. The van der Waals surface area contributed by atoms with Crippen LogP contribution in [0.25, 0.3) is 0 Å². The molecule has 5 heteroatoms. The third kappa shape index (κ3) is 4.35. The number of aryl methyl sites for hydroxylation is 1. The zero-order chi connectivity index (χ0) is 14.7. The molecule has 0 aromatic heterocycles. The van der Waals surface area contributed by atoms with Gasteiger partial charge in [-0.05, 0) is 38.3 Å². The fourth-order valence-electron chi connectivity index (χ4n) is 1.61. The number of benzene rings is 1. The smallest absolute Gasteiger partial charge is 0.303 e. The van der Waals surface area contributed by atoms with E-state index >= 15 is 0 Å². The average Bonchev–Trinajstić information content (AvgIpc) is 2.25. The highest BCUT2D eigenvalue weighted by Gasteiger charge is 2.29. The predicted octanol–water partition coefficient (Wildman–Crippen LogP) is 2.42. The van der Waals surface area contributed by atoms with Gasteiger partial charge in [-0.3, -0.25) is 4.79 Å². The highest BCUT2D eigenvalue weighted by atomic mass is 32.2. The normalized spacial score (nSPS) is 12.4. The molecule has 106 valence electrons. The summed E-state index contributed by atoms with van der Waals surface area (Å²) in [5.74, 6) is -0.930. The van der Waals surface area contributed by atoms with Gasteiger partial charge in [-0.15, -0.1) is 0 Å². The first-order valence-electron chi connectivity index (χ1n) is 6.14. The Labute approximate surface area is 114 Å². The third-order valence-corrected chi connectivity index (χ3v) is 5.56. The van der Waals surface area contributed by atoms with Gasteiger partial charge in [0.2, 0.25) is 0 Å². The second kappa shape index (κ2) is 5.74. The Morgan fingerprint density at radius 1 is 1.16 bits per heavy atom. The first kappa shape index (κ1) is 15.7. The van der Waals surface area contributed by atoms with Crippen molar-refractivity contribution in [2.24, 2.45) is 0 Å². The Kier molecular flexibility index (Phi) is 4.74. The molecule has 0 saturated carbocycles. The molecule has 1 rings (SSSR count). The Bertz CT molecular complexity index is 553. The summed E-state index contributed by atoms with van der Waals surface area (Å²) in [5, 5.41) is 8.71. The SMILES string of the molecule is CC(C)(C)S(=O)(=O)Cc1ccccc1CCC(=O)O. The summed E-state index contributed by atoms with van der Waals surface area (Å²) in [6.45, 7) is 5.01. The summed E-state index contributed by atoms with van der Waals surface area (Å²) >= 11 is 0. The van der Waals surface area contributed by atoms with Gasteiger partial charge in [0.25, 0.3) is 0 Å². The van der Waals surface area contributed by atoms with Gasteiger partial charge in [0.15, 0.2) is 9.84 Å². The van der Waals surface area contributed by atoms with Crippen molar-refractivity contribution < 1.29 is 18.3 Å². The van der Waals surface area contributed by atoms with Gasteiger partial charge >= 0.3 is 5.97 Å². The Morgan fingerprint density at radius 3 is 2.16 bits per heavy atom. The molecule has 0 amide bonds. The lowest BCUT2D eigenvalue weighted by atomic mass is 10.0. The first-order valence-corrected chi connectivity index (χ1v) is 7.79. The summed E-state index contributed by atoms with van der Waals surface area (Å²) in [4.78, 5) is 10.6. The lowest BCUT2D eigenvalue weighted by Crippen LogP contribution is -2.29. The van der Waals surface area contributed by atoms with E-state index in [4.69, 9.17) is 5.11 Å². The van der Waals surface area contributed by atoms with E-state index in [9.17, 15) is 13.2 Å². The average molecular weight is 284 g/mol. The van der Waals surface area contributed by atoms with Crippen LogP contribution in [0.3, 0.4) is 0 Å². The Balaban J connectivity index is 2.99. The van der Waals surface area contributed by atoms with Crippen LogP contribution in [0.2, 0.25) is 0 Å². The van der Waals surface area contributed by atoms with Gasteiger partial charge in [0, 0.05) is 6.42 Å². The number of hydrogen-bond donors (Lipinski definition) is 1. The van der Waals surface area contributed by atoms with Gasteiger partial charge in [0.05, 0.1) is 10.5 Å². The Morgan fingerprint density at radius 2 is 1.68 bits per heavy atom. The molecule has 0 aliphatic carbocycles. The van der Waals surface area contributed by atoms with E-state index in [0.717, 1.165) is 5.56 Å². The standard InChI is InChI=1S/C14H20O4S/c1-14(2,3)19(17,18)10-12-7-5-4-6-11(12)8-9-13(15)16/h4-7H,8-10H2,1-3H3,(H,15,16). The van der Waals surface area contributed by atoms with Crippen LogP contribution in [-0.2, 0) is 26.8 Å². The molecular formula is C14H20O4S. The quantitative estimate of drug-likeness (QED) is 0.901. The van der Waals surface area contributed by atoms with Crippen LogP contribution in [-0.4, -0.2) is 24.2 Å². The molecule has 0 heterocycles. The molecule has 0 bridgehead atoms. The van der Waals surface area contributed by atoms with E-state index in [1.54, 1.807) is 45.0 Å². The van der Waals surface area contributed by atoms with E-state index in [2.05, 4.69) is 0 Å². The molecule has 0 unspecified atom stereocenters. The molecule has 0 aliphatic rings. The number of hydrogen-bond acceptors (Lipinski definition) is 3. The van der Waals surface area contributed by atoms with Crippen LogP contribution in [0.4, 0.5) is 0 Å². The fraction of sp³-hybridized carbons (Fsp3) is 0.500. The fourth-order valence-corrected chi connectivity index (χ4v) is 2.73. The van der Waals surface area contributed by atoms with Crippen molar-refractivity contribution in [3.8, 4) is 0 Å². The van der Waals surface area contributed by atoms with Crippen molar-refractivity contribution in [2.75, 3.05) is 0 Å². The van der Waals surface area contributed by atoms with E-state index < -0.39 is 20.6 Å². The number of carbonyl (C=O) groups is 1. The highest BCUT2D eigenvalue weighted by molar-refractivity contribution is 7.91. The summed E-state index contributed by atoms with van der Waals surface area (Å²) in [7, 11) is -3.26. The van der Waals surface area contributed by atoms with Gasteiger partial charge in [-0.2, -0.15) is 0 Å². The molecule has 1 aromatic rings. The van der Waals surface area contributed by atoms with E-state index in [-0.39, 0.29) is 12.2 Å². The van der Waals surface area contributed by atoms with E-state index in [1.807, 2.05) is 0 Å². The Hall–Kier alpha value is -1.36. The van der Waals surface area contributed by atoms with Crippen molar-refractivity contribution in [3.63, 3.8) is 0 Å². The summed E-state index contributed by atoms with van der Waals surface area (Å²) in [6, 6.07) is 7.11. The van der Waals surface area contributed by atoms with Crippen molar-refractivity contribution in [1.82, 2.24) is 0 Å². The van der Waals surface area contributed by atoms with Crippen molar-refractivity contribution in [3.05, 3.63) is 35.4 Å². The topological polar surface area (TPSA) is 71.4 Å². The molecule has 19 heavy (non-hydrogen) atoms. The maximum Gasteiger partial charge on any atom is 0.303 e. The number of rotatable bonds is 5. The molecule has 0 spiro atoms. The van der Waals surface area contributed by atoms with Crippen LogP contribution in [0.1, 0.15) is 38.3 Å². The highest BCUT2D eigenvalue weighted by Crippen LogP contribution is 2.23.